The number of hydrogen-bond donors (Lipinski definition) is 1. The molecule has 1 aromatic rings. The van der Waals surface area contributed by atoms with Crippen LogP contribution in [0.5, 0.6) is 5.75 Å². The van der Waals surface area contributed by atoms with E-state index in [1.54, 1.807) is 0 Å². The van der Waals surface area contributed by atoms with Crippen LogP contribution in [0.2, 0.25) is 0 Å². The van der Waals surface area contributed by atoms with Gasteiger partial charge in [-0.05, 0) is 24.8 Å². The number of hydrogen-bond acceptors (Lipinski definition) is 2. The summed E-state index contributed by atoms with van der Waals surface area (Å²) < 4.78 is 6.11. The molecule has 1 heterocycles. The van der Waals surface area contributed by atoms with Crippen LogP contribution in [0.25, 0.3) is 0 Å². The first-order valence-electron chi connectivity index (χ1n) is 6.36. The molecule has 1 fully saturated rings. The molecule has 1 aliphatic heterocycles. The van der Waals surface area contributed by atoms with Crippen LogP contribution in [0.15, 0.2) is 24.3 Å². The largest absolute Gasteiger partial charge is 0.490 e. The third-order valence-electron chi connectivity index (χ3n) is 4.01. The fourth-order valence-electron chi connectivity index (χ4n) is 3.10. The van der Waals surface area contributed by atoms with E-state index in [1.165, 1.54) is 31.2 Å². The van der Waals surface area contributed by atoms with Crippen molar-refractivity contribution in [3.05, 3.63) is 29.8 Å². The Kier molecular flexibility index (Phi) is 2.60. The smallest absolute Gasteiger partial charge is 0.124 e. The van der Waals surface area contributed by atoms with Crippen LogP contribution in [0, 0.1) is 5.92 Å². The molecule has 0 aromatic heterocycles. The van der Waals surface area contributed by atoms with Gasteiger partial charge in [0.25, 0.3) is 0 Å². The third-order valence-corrected chi connectivity index (χ3v) is 4.01. The van der Waals surface area contributed by atoms with Gasteiger partial charge in [-0.1, -0.05) is 31.0 Å². The van der Waals surface area contributed by atoms with E-state index in [-0.39, 0.29) is 6.04 Å². The fourth-order valence-corrected chi connectivity index (χ4v) is 3.10. The molecule has 2 unspecified atom stereocenters. The summed E-state index contributed by atoms with van der Waals surface area (Å²) in [6, 6.07) is 8.37. The van der Waals surface area contributed by atoms with E-state index in [2.05, 4.69) is 12.1 Å². The Bertz CT molecular complexity index is 371. The van der Waals surface area contributed by atoms with E-state index in [4.69, 9.17) is 10.5 Å². The normalized spacial score (nSPS) is 29.8. The van der Waals surface area contributed by atoms with Crippen molar-refractivity contribution >= 4 is 0 Å². The van der Waals surface area contributed by atoms with Crippen molar-refractivity contribution in [3.63, 3.8) is 0 Å². The average Bonchev–Trinajstić information content (AvgIpc) is 2.82. The highest BCUT2D eigenvalue weighted by atomic mass is 16.5. The molecule has 2 aliphatic rings. The monoisotopic (exact) mass is 217 g/mol. The van der Waals surface area contributed by atoms with Gasteiger partial charge in [-0.15, -0.1) is 0 Å². The second kappa shape index (κ2) is 4.10. The Hall–Kier alpha value is -1.02. The van der Waals surface area contributed by atoms with E-state index >= 15 is 0 Å². The molecule has 2 nitrogen and oxygen atoms in total. The van der Waals surface area contributed by atoms with Gasteiger partial charge in [-0.2, -0.15) is 0 Å². The highest BCUT2D eigenvalue weighted by Crippen LogP contribution is 2.39. The van der Waals surface area contributed by atoms with Gasteiger partial charge in [0.05, 0.1) is 0 Å². The lowest BCUT2D eigenvalue weighted by Crippen LogP contribution is -2.34. The van der Waals surface area contributed by atoms with Gasteiger partial charge >= 0.3 is 0 Å². The maximum Gasteiger partial charge on any atom is 0.124 e. The molecule has 2 N–H and O–H groups in total. The lowest BCUT2D eigenvalue weighted by atomic mass is 9.89. The maximum atomic E-state index is 6.22. The molecular weight excluding hydrogens is 198 g/mol. The number of benzene rings is 1. The summed E-state index contributed by atoms with van der Waals surface area (Å²) in [7, 11) is 0. The summed E-state index contributed by atoms with van der Waals surface area (Å²) in [4.78, 5) is 0. The van der Waals surface area contributed by atoms with Crippen molar-refractivity contribution in [3.8, 4) is 5.75 Å². The third kappa shape index (κ3) is 1.71. The first kappa shape index (κ1) is 10.2. The first-order chi connectivity index (χ1) is 7.84. The zero-order chi connectivity index (χ0) is 11.0. The second-order valence-electron chi connectivity index (χ2n) is 5.08. The SMILES string of the molecule is NC1CC(C2CCCC2)Oc2ccccc21. The summed E-state index contributed by atoms with van der Waals surface area (Å²) in [5, 5.41) is 0. The van der Waals surface area contributed by atoms with Crippen molar-refractivity contribution in [2.75, 3.05) is 0 Å². The van der Waals surface area contributed by atoms with Crippen LogP contribution < -0.4 is 10.5 Å². The molecule has 86 valence electrons. The molecule has 2 atom stereocenters. The average molecular weight is 217 g/mol. The van der Waals surface area contributed by atoms with Gasteiger partial charge in [0.15, 0.2) is 0 Å². The molecule has 1 saturated carbocycles. The van der Waals surface area contributed by atoms with Crippen LogP contribution in [0.3, 0.4) is 0 Å². The molecule has 0 bridgehead atoms. The molecule has 0 amide bonds. The highest BCUT2D eigenvalue weighted by molar-refractivity contribution is 5.37. The van der Waals surface area contributed by atoms with Crippen LogP contribution in [0.4, 0.5) is 0 Å². The molecule has 0 saturated heterocycles. The fraction of sp³-hybridized carbons (Fsp3) is 0.571. The molecule has 0 spiro atoms. The van der Waals surface area contributed by atoms with Crippen LogP contribution in [0.1, 0.15) is 43.7 Å². The topological polar surface area (TPSA) is 35.2 Å². The van der Waals surface area contributed by atoms with Crippen LogP contribution >= 0.6 is 0 Å². The molecule has 2 heteroatoms. The van der Waals surface area contributed by atoms with Crippen molar-refractivity contribution in [1.29, 1.82) is 0 Å². The molecule has 1 aromatic carbocycles. The first-order valence-corrected chi connectivity index (χ1v) is 6.36. The van der Waals surface area contributed by atoms with E-state index in [9.17, 15) is 0 Å². The second-order valence-corrected chi connectivity index (χ2v) is 5.08. The lowest BCUT2D eigenvalue weighted by Gasteiger charge is -2.33. The zero-order valence-corrected chi connectivity index (χ0v) is 9.56. The van der Waals surface area contributed by atoms with Crippen molar-refractivity contribution in [2.24, 2.45) is 11.7 Å². The van der Waals surface area contributed by atoms with E-state index in [0.717, 1.165) is 18.1 Å². The number of rotatable bonds is 1. The quantitative estimate of drug-likeness (QED) is 0.784. The van der Waals surface area contributed by atoms with Crippen molar-refractivity contribution in [1.82, 2.24) is 0 Å². The minimum atomic E-state index is 0.163. The predicted octanol–water partition coefficient (Wildman–Crippen LogP) is 3.03. The minimum Gasteiger partial charge on any atom is -0.490 e. The Morgan fingerprint density at radius 3 is 2.69 bits per heavy atom. The summed E-state index contributed by atoms with van der Waals surface area (Å²) in [6.07, 6.45) is 6.70. The number of fused-ring (bicyclic) bond motifs is 1. The summed E-state index contributed by atoms with van der Waals surface area (Å²) in [5.41, 5.74) is 7.40. The maximum absolute atomic E-state index is 6.22. The van der Waals surface area contributed by atoms with Crippen LogP contribution in [-0.2, 0) is 0 Å². The number of nitrogens with two attached hydrogens (primary N) is 1. The lowest BCUT2D eigenvalue weighted by molar-refractivity contribution is 0.102. The Balaban J connectivity index is 1.83. The predicted molar refractivity (Wildman–Crippen MR) is 64.4 cm³/mol. The molecule has 0 radical (unpaired) electrons. The van der Waals surface area contributed by atoms with Gasteiger partial charge in [0.2, 0.25) is 0 Å². The minimum absolute atomic E-state index is 0.163. The standard InChI is InChI=1S/C14H19NO/c15-12-9-14(10-5-1-2-6-10)16-13-8-4-3-7-11(12)13/h3-4,7-8,10,12,14H,1-2,5-6,9,15H2. The Morgan fingerprint density at radius 1 is 1.12 bits per heavy atom. The molecule has 1 aliphatic carbocycles. The highest BCUT2D eigenvalue weighted by Gasteiger charge is 2.32. The zero-order valence-electron chi connectivity index (χ0n) is 9.56. The summed E-state index contributed by atoms with van der Waals surface area (Å²) in [5.74, 6) is 1.75. The van der Waals surface area contributed by atoms with E-state index < -0.39 is 0 Å². The Morgan fingerprint density at radius 2 is 1.88 bits per heavy atom. The molecular formula is C14H19NO. The van der Waals surface area contributed by atoms with Crippen LogP contribution in [-0.4, -0.2) is 6.10 Å². The summed E-state index contributed by atoms with van der Waals surface area (Å²) >= 11 is 0. The van der Waals surface area contributed by atoms with E-state index in [1.807, 2.05) is 12.1 Å². The van der Waals surface area contributed by atoms with Crippen molar-refractivity contribution < 1.29 is 4.74 Å². The molecule has 16 heavy (non-hydrogen) atoms. The summed E-state index contributed by atoms with van der Waals surface area (Å²) in [6.45, 7) is 0. The molecule has 3 rings (SSSR count). The van der Waals surface area contributed by atoms with Gasteiger partial charge in [0.1, 0.15) is 11.9 Å². The Labute approximate surface area is 96.8 Å². The van der Waals surface area contributed by atoms with E-state index in [0.29, 0.717) is 6.10 Å². The van der Waals surface area contributed by atoms with Gasteiger partial charge in [-0.25, -0.2) is 0 Å². The van der Waals surface area contributed by atoms with Gasteiger partial charge in [-0.3, -0.25) is 0 Å². The van der Waals surface area contributed by atoms with Crippen molar-refractivity contribution in [2.45, 2.75) is 44.2 Å². The van der Waals surface area contributed by atoms with Gasteiger partial charge < -0.3 is 10.5 Å². The number of ether oxygens (including phenoxy) is 1. The number of para-hydroxylation sites is 1. The van der Waals surface area contributed by atoms with Gasteiger partial charge in [0, 0.05) is 18.0 Å².